The number of nitro benzene ring substituents is 1. The predicted octanol–water partition coefficient (Wildman–Crippen LogP) is 2.57. The van der Waals surface area contributed by atoms with Crippen LogP contribution in [0.1, 0.15) is 31.1 Å². The lowest BCUT2D eigenvalue weighted by atomic mass is 9.98. The van der Waals surface area contributed by atoms with Gasteiger partial charge in [-0.3, -0.25) is 14.9 Å². The lowest BCUT2D eigenvalue weighted by molar-refractivity contribution is -0.385. The summed E-state index contributed by atoms with van der Waals surface area (Å²) in [7, 11) is 0. The maximum Gasteiger partial charge on any atom is 0.352 e. The van der Waals surface area contributed by atoms with Crippen molar-refractivity contribution in [2.75, 3.05) is 0 Å². The minimum Gasteiger partial charge on any atom is -0.389 e. The second-order valence-corrected chi connectivity index (χ2v) is 4.52. The molecule has 0 radical (unpaired) electrons. The average Bonchev–Trinajstić information content (AvgIpc) is 2.37. The normalized spacial score (nSPS) is 12.0. The second kappa shape index (κ2) is 6.08. The number of ether oxygens (including phenoxy) is 1. The molecule has 0 fully saturated rings. The van der Waals surface area contributed by atoms with Crippen LogP contribution < -0.4 is 0 Å². The number of carbonyl (C=O) groups is 2. The summed E-state index contributed by atoms with van der Waals surface area (Å²) in [5, 5.41) is 10.8. The summed E-state index contributed by atoms with van der Waals surface area (Å²) in [5.74, 6) is -2.11. The van der Waals surface area contributed by atoms with Gasteiger partial charge in [-0.25, -0.2) is 4.79 Å². The van der Waals surface area contributed by atoms with E-state index in [1.54, 1.807) is 6.92 Å². The quantitative estimate of drug-likeness (QED) is 0.361. The Morgan fingerprint density at radius 3 is 2.32 bits per heavy atom. The number of nitro groups is 1. The molecule has 1 unspecified atom stereocenters. The zero-order valence-corrected chi connectivity index (χ0v) is 11.0. The molecule has 1 atom stereocenters. The number of benzene rings is 1. The van der Waals surface area contributed by atoms with Crippen LogP contribution in [0.15, 0.2) is 24.3 Å². The molecule has 0 N–H and O–H groups in total. The first-order valence-corrected chi connectivity index (χ1v) is 5.84. The average molecular weight is 265 g/mol. The van der Waals surface area contributed by atoms with Crippen molar-refractivity contribution in [3.05, 3.63) is 39.9 Å². The van der Waals surface area contributed by atoms with Crippen LogP contribution in [0.3, 0.4) is 0 Å². The van der Waals surface area contributed by atoms with E-state index < -0.39 is 22.8 Å². The molecule has 0 aliphatic rings. The van der Waals surface area contributed by atoms with E-state index in [1.165, 1.54) is 24.3 Å². The summed E-state index contributed by atoms with van der Waals surface area (Å²) in [6.07, 6.45) is 0. The Morgan fingerprint density at radius 2 is 1.79 bits per heavy atom. The predicted molar refractivity (Wildman–Crippen MR) is 67.5 cm³/mol. The molecule has 1 rings (SSSR count). The van der Waals surface area contributed by atoms with Crippen molar-refractivity contribution in [1.29, 1.82) is 0 Å². The highest BCUT2D eigenvalue weighted by Gasteiger charge is 2.26. The SMILES string of the molecule is CC(C)C(C)C(=O)OC(=O)c1ccccc1[N+](=O)[O-]. The van der Waals surface area contributed by atoms with Gasteiger partial charge in [0.25, 0.3) is 5.69 Å². The number of rotatable bonds is 4. The molecule has 102 valence electrons. The molecule has 0 aliphatic carbocycles. The van der Waals surface area contributed by atoms with E-state index in [0.717, 1.165) is 0 Å². The fraction of sp³-hybridized carbons (Fsp3) is 0.385. The van der Waals surface area contributed by atoms with E-state index in [0.29, 0.717) is 0 Å². The van der Waals surface area contributed by atoms with Gasteiger partial charge in [-0.1, -0.05) is 32.9 Å². The van der Waals surface area contributed by atoms with E-state index in [-0.39, 0.29) is 17.2 Å². The molecule has 0 saturated carbocycles. The van der Waals surface area contributed by atoms with Crippen LogP contribution in [0.4, 0.5) is 5.69 Å². The number of hydrogen-bond donors (Lipinski definition) is 0. The number of hydrogen-bond acceptors (Lipinski definition) is 5. The Morgan fingerprint density at radius 1 is 1.21 bits per heavy atom. The number of carbonyl (C=O) groups excluding carboxylic acids is 2. The van der Waals surface area contributed by atoms with Crippen LogP contribution in [0.25, 0.3) is 0 Å². The lowest BCUT2D eigenvalue weighted by Crippen LogP contribution is -2.23. The molecule has 0 bridgehead atoms. The fourth-order valence-corrected chi connectivity index (χ4v) is 1.32. The van der Waals surface area contributed by atoms with Crippen molar-refractivity contribution in [3.63, 3.8) is 0 Å². The zero-order chi connectivity index (χ0) is 14.6. The highest BCUT2D eigenvalue weighted by molar-refractivity contribution is 6.00. The Bertz CT molecular complexity index is 510. The van der Waals surface area contributed by atoms with E-state index in [9.17, 15) is 19.7 Å². The minimum atomic E-state index is -0.996. The molecule has 0 spiro atoms. The summed E-state index contributed by atoms with van der Waals surface area (Å²) in [5.41, 5.74) is -0.602. The maximum absolute atomic E-state index is 11.8. The van der Waals surface area contributed by atoms with Crippen LogP contribution in [0.5, 0.6) is 0 Å². The van der Waals surface area contributed by atoms with Crippen molar-refractivity contribution in [2.24, 2.45) is 11.8 Å². The van der Waals surface area contributed by atoms with Gasteiger partial charge in [-0.2, -0.15) is 0 Å². The highest BCUT2D eigenvalue weighted by Crippen LogP contribution is 2.20. The third-order valence-corrected chi connectivity index (χ3v) is 2.89. The molecule has 0 amide bonds. The molecule has 6 heteroatoms. The monoisotopic (exact) mass is 265 g/mol. The number of para-hydroxylation sites is 1. The van der Waals surface area contributed by atoms with Crippen LogP contribution in [0.2, 0.25) is 0 Å². The summed E-state index contributed by atoms with van der Waals surface area (Å²) in [6.45, 7) is 5.28. The van der Waals surface area contributed by atoms with Crippen molar-refractivity contribution in [2.45, 2.75) is 20.8 Å². The highest BCUT2D eigenvalue weighted by atomic mass is 16.6. The van der Waals surface area contributed by atoms with Gasteiger partial charge in [0.05, 0.1) is 10.8 Å². The first kappa shape index (κ1) is 14.8. The Labute approximate surface area is 110 Å². The summed E-state index contributed by atoms with van der Waals surface area (Å²) in [6, 6.07) is 5.36. The van der Waals surface area contributed by atoms with E-state index >= 15 is 0 Å². The van der Waals surface area contributed by atoms with Crippen molar-refractivity contribution >= 4 is 17.6 Å². The largest absolute Gasteiger partial charge is 0.389 e. The van der Waals surface area contributed by atoms with Crippen molar-refractivity contribution in [1.82, 2.24) is 0 Å². The Hall–Kier alpha value is -2.24. The molecular formula is C13H15NO5. The Balaban J connectivity index is 2.91. The molecule has 0 aromatic heterocycles. The topological polar surface area (TPSA) is 86.5 Å². The molecule has 1 aromatic carbocycles. The standard InChI is InChI=1S/C13H15NO5/c1-8(2)9(3)12(15)19-13(16)10-6-4-5-7-11(10)14(17)18/h4-9H,1-3H3. The molecule has 1 aromatic rings. The van der Waals surface area contributed by atoms with Gasteiger partial charge >= 0.3 is 11.9 Å². The van der Waals surface area contributed by atoms with Gasteiger partial charge < -0.3 is 4.74 Å². The first-order chi connectivity index (χ1) is 8.84. The number of esters is 2. The molecule has 6 nitrogen and oxygen atoms in total. The summed E-state index contributed by atoms with van der Waals surface area (Å²) < 4.78 is 4.67. The molecular weight excluding hydrogens is 250 g/mol. The van der Waals surface area contributed by atoms with Crippen LogP contribution in [-0.4, -0.2) is 16.9 Å². The van der Waals surface area contributed by atoms with Gasteiger partial charge in [0.2, 0.25) is 0 Å². The van der Waals surface area contributed by atoms with Gasteiger partial charge in [0, 0.05) is 6.07 Å². The molecule has 0 heterocycles. The lowest BCUT2D eigenvalue weighted by Gasteiger charge is -2.13. The van der Waals surface area contributed by atoms with Crippen molar-refractivity contribution < 1.29 is 19.2 Å². The summed E-state index contributed by atoms with van der Waals surface area (Å²) >= 11 is 0. The molecule has 0 saturated heterocycles. The third-order valence-electron chi connectivity index (χ3n) is 2.89. The van der Waals surface area contributed by atoms with Crippen molar-refractivity contribution in [3.8, 4) is 0 Å². The van der Waals surface area contributed by atoms with Crippen LogP contribution in [0, 0.1) is 22.0 Å². The summed E-state index contributed by atoms with van der Waals surface area (Å²) in [4.78, 5) is 33.5. The van der Waals surface area contributed by atoms with Gasteiger partial charge in [-0.15, -0.1) is 0 Å². The van der Waals surface area contributed by atoms with E-state index in [4.69, 9.17) is 0 Å². The van der Waals surface area contributed by atoms with Crippen LogP contribution >= 0.6 is 0 Å². The van der Waals surface area contributed by atoms with Gasteiger partial charge in [0.15, 0.2) is 0 Å². The number of nitrogens with zero attached hydrogens (tertiary/aromatic N) is 1. The van der Waals surface area contributed by atoms with Crippen LogP contribution in [-0.2, 0) is 9.53 Å². The third kappa shape index (κ3) is 3.61. The minimum absolute atomic E-state index is 0.0195. The van der Waals surface area contributed by atoms with Gasteiger partial charge in [0.1, 0.15) is 5.56 Å². The smallest absolute Gasteiger partial charge is 0.352 e. The first-order valence-electron chi connectivity index (χ1n) is 5.84. The van der Waals surface area contributed by atoms with E-state index in [2.05, 4.69) is 4.74 Å². The second-order valence-electron chi connectivity index (χ2n) is 4.52. The van der Waals surface area contributed by atoms with Gasteiger partial charge in [-0.05, 0) is 12.0 Å². The molecule has 0 aliphatic heterocycles. The maximum atomic E-state index is 11.8. The fourth-order valence-electron chi connectivity index (χ4n) is 1.32. The molecule has 19 heavy (non-hydrogen) atoms. The van der Waals surface area contributed by atoms with E-state index in [1.807, 2.05) is 13.8 Å². The zero-order valence-electron chi connectivity index (χ0n) is 11.0. The Kier molecular flexibility index (Phi) is 4.74.